The molecule has 0 aliphatic heterocycles. The Labute approximate surface area is 248 Å². The number of hydrazone groups is 1. The Kier molecular flexibility index (Phi) is 10.1. The molecule has 2 N–H and O–H groups in total. The second-order valence-corrected chi connectivity index (χ2v) is 10.9. The number of rotatable bonds is 12. The summed E-state index contributed by atoms with van der Waals surface area (Å²) >= 11 is 6.28. The van der Waals surface area contributed by atoms with E-state index in [2.05, 4.69) is 15.8 Å². The minimum atomic E-state index is -4.10. The van der Waals surface area contributed by atoms with Crippen LogP contribution >= 0.6 is 11.6 Å². The number of anilines is 2. The number of hydrogen-bond donors (Lipinski definition) is 2. The molecule has 4 rings (SSSR count). The Hall–Kier alpha value is -4.87. The van der Waals surface area contributed by atoms with Crippen molar-refractivity contribution in [1.29, 1.82) is 0 Å². The molecule has 0 aromatic heterocycles. The number of carbonyl (C=O) groups excluding carboxylic acids is 2. The number of para-hydroxylation sites is 3. The molecule has 0 radical (unpaired) electrons. The van der Waals surface area contributed by atoms with E-state index in [1.165, 1.54) is 31.5 Å². The molecule has 0 heterocycles. The largest absolute Gasteiger partial charge is 0.495 e. The van der Waals surface area contributed by atoms with Crippen LogP contribution in [0.25, 0.3) is 0 Å². The molecular weight excluding hydrogens is 580 g/mol. The standard InChI is InChI=1S/C30H27ClN4O6S/c1-40-28-14-8-6-12-26(28)33-30(37)21-41-23-17-15-22(16-18-23)19-32-34-29(36)20-35(27-13-7-5-11-25(27)31)42(38,39)24-9-3-2-4-10-24/h2-19H,20-21H2,1H3,(H,33,37)(H,34,36)/b32-19-. The van der Waals surface area contributed by atoms with Gasteiger partial charge in [0.1, 0.15) is 18.0 Å². The number of ether oxygens (including phenoxy) is 2. The second kappa shape index (κ2) is 14.2. The van der Waals surface area contributed by atoms with E-state index in [1.54, 1.807) is 84.9 Å². The van der Waals surface area contributed by atoms with Crippen LogP contribution in [0.4, 0.5) is 11.4 Å². The molecule has 0 bridgehead atoms. The van der Waals surface area contributed by atoms with Gasteiger partial charge >= 0.3 is 0 Å². The molecule has 216 valence electrons. The quantitative estimate of drug-likeness (QED) is 0.178. The van der Waals surface area contributed by atoms with Crippen molar-refractivity contribution in [2.75, 3.05) is 29.9 Å². The zero-order valence-corrected chi connectivity index (χ0v) is 24.0. The summed E-state index contributed by atoms with van der Waals surface area (Å²) in [5.41, 5.74) is 3.67. The number of methoxy groups -OCH3 is 1. The first-order chi connectivity index (χ1) is 20.3. The SMILES string of the molecule is COc1ccccc1NC(=O)COc1ccc(/C=N\NC(=O)CN(c2ccccc2Cl)S(=O)(=O)c2ccccc2)cc1. The highest BCUT2D eigenvalue weighted by molar-refractivity contribution is 7.92. The van der Waals surface area contributed by atoms with Gasteiger partial charge in [0.05, 0.1) is 34.6 Å². The van der Waals surface area contributed by atoms with Gasteiger partial charge in [-0.05, 0) is 66.2 Å². The van der Waals surface area contributed by atoms with Gasteiger partial charge in [-0.25, -0.2) is 13.8 Å². The van der Waals surface area contributed by atoms with Crippen LogP contribution in [0, 0.1) is 0 Å². The van der Waals surface area contributed by atoms with Gasteiger partial charge in [-0.2, -0.15) is 5.10 Å². The van der Waals surface area contributed by atoms with Gasteiger partial charge in [-0.3, -0.25) is 13.9 Å². The monoisotopic (exact) mass is 606 g/mol. The molecule has 12 heteroatoms. The summed E-state index contributed by atoms with van der Waals surface area (Å²) in [4.78, 5) is 25.0. The van der Waals surface area contributed by atoms with E-state index in [0.717, 1.165) is 4.31 Å². The predicted octanol–water partition coefficient (Wildman–Crippen LogP) is 4.71. The fraction of sp³-hybridized carbons (Fsp3) is 0.100. The summed E-state index contributed by atoms with van der Waals surface area (Å²) in [6.07, 6.45) is 1.39. The Morgan fingerprint density at radius 3 is 2.26 bits per heavy atom. The molecule has 2 amide bonds. The summed E-state index contributed by atoms with van der Waals surface area (Å²) in [5.74, 6) is -0.0384. The molecule has 0 aliphatic carbocycles. The third kappa shape index (κ3) is 7.87. The van der Waals surface area contributed by atoms with Gasteiger partial charge in [-0.1, -0.05) is 54.1 Å². The van der Waals surface area contributed by atoms with Crippen LogP contribution in [-0.2, 0) is 19.6 Å². The molecule has 0 saturated carbocycles. The summed E-state index contributed by atoms with van der Waals surface area (Å²) in [7, 11) is -2.58. The average Bonchev–Trinajstić information content (AvgIpc) is 3.00. The molecule has 0 fully saturated rings. The fourth-order valence-electron chi connectivity index (χ4n) is 3.75. The van der Waals surface area contributed by atoms with Crippen LogP contribution in [0.2, 0.25) is 5.02 Å². The van der Waals surface area contributed by atoms with E-state index in [9.17, 15) is 18.0 Å². The van der Waals surface area contributed by atoms with Crippen molar-refractivity contribution >= 4 is 51.0 Å². The van der Waals surface area contributed by atoms with E-state index in [-0.39, 0.29) is 28.1 Å². The molecule has 0 saturated heterocycles. The zero-order valence-electron chi connectivity index (χ0n) is 22.4. The number of carbonyl (C=O) groups is 2. The molecule has 4 aromatic rings. The maximum Gasteiger partial charge on any atom is 0.264 e. The number of amides is 2. The minimum Gasteiger partial charge on any atom is -0.495 e. The van der Waals surface area contributed by atoms with Crippen molar-refractivity contribution in [2.45, 2.75) is 4.90 Å². The number of halogens is 1. The van der Waals surface area contributed by atoms with Crippen molar-refractivity contribution < 1.29 is 27.5 Å². The number of benzene rings is 4. The first-order valence-corrected chi connectivity index (χ1v) is 14.4. The molecule has 4 aromatic carbocycles. The van der Waals surface area contributed by atoms with Crippen LogP contribution in [0.1, 0.15) is 5.56 Å². The highest BCUT2D eigenvalue weighted by Gasteiger charge is 2.28. The fourth-order valence-corrected chi connectivity index (χ4v) is 5.50. The van der Waals surface area contributed by atoms with Gasteiger partial charge in [-0.15, -0.1) is 0 Å². The van der Waals surface area contributed by atoms with E-state index >= 15 is 0 Å². The van der Waals surface area contributed by atoms with Crippen molar-refractivity contribution in [3.8, 4) is 11.5 Å². The third-order valence-electron chi connectivity index (χ3n) is 5.77. The number of sulfonamides is 1. The van der Waals surface area contributed by atoms with Crippen molar-refractivity contribution in [2.24, 2.45) is 5.10 Å². The lowest BCUT2D eigenvalue weighted by Crippen LogP contribution is -2.39. The topological polar surface area (TPSA) is 126 Å². The average molecular weight is 607 g/mol. The van der Waals surface area contributed by atoms with Crippen LogP contribution in [0.15, 0.2) is 113 Å². The molecule has 0 atom stereocenters. The van der Waals surface area contributed by atoms with E-state index in [0.29, 0.717) is 22.7 Å². The molecule has 42 heavy (non-hydrogen) atoms. The van der Waals surface area contributed by atoms with Crippen molar-refractivity contribution in [3.63, 3.8) is 0 Å². The first-order valence-electron chi connectivity index (χ1n) is 12.6. The maximum atomic E-state index is 13.4. The third-order valence-corrected chi connectivity index (χ3v) is 7.87. The second-order valence-electron chi connectivity index (χ2n) is 8.68. The lowest BCUT2D eigenvalue weighted by molar-refractivity contribution is -0.119. The zero-order chi connectivity index (χ0) is 30.0. The first kappa shape index (κ1) is 30.1. The Morgan fingerprint density at radius 2 is 1.55 bits per heavy atom. The number of nitrogens with one attached hydrogen (secondary N) is 2. The van der Waals surface area contributed by atoms with E-state index in [4.69, 9.17) is 21.1 Å². The molecule has 0 aliphatic rings. The summed E-state index contributed by atoms with van der Waals surface area (Å²) < 4.78 is 38.4. The normalized spacial score (nSPS) is 11.1. The van der Waals surface area contributed by atoms with Gasteiger partial charge in [0.2, 0.25) is 0 Å². The minimum absolute atomic E-state index is 0.0146. The van der Waals surface area contributed by atoms with Gasteiger partial charge in [0.15, 0.2) is 6.61 Å². The highest BCUT2D eigenvalue weighted by atomic mass is 35.5. The van der Waals surface area contributed by atoms with E-state index < -0.39 is 22.5 Å². The highest BCUT2D eigenvalue weighted by Crippen LogP contribution is 2.30. The Balaban J connectivity index is 1.34. The van der Waals surface area contributed by atoms with Crippen LogP contribution < -0.4 is 24.5 Å². The summed E-state index contributed by atoms with van der Waals surface area (Å²) in [6.45, 7) is -0.767. The van der Waals surface area contributed by atoms with Crippen LogP contribution in [0.5, 0.6) is 11.5 Å². The smallest absolute Gasteiger partial charge is 0.264 e. The van der Waals surface area contributed by atoms with Crippen molar-refractivity contribution in [3.05, 3.63) is 114 Å². The summed E-state index contributed by atoms with van der Waals surface area (Å²) in [5, 5.41) is 6.84. The van der Waals surface area contributed by atoms with Crippen molar-refractivity contribution in [1.82, 2.24) is 5.43 Å². The number of hydrogen-bond acceptors (Lipinski definition) is 7. The van der Waals surface area contributed by atoms with Crippen LogP contribution in [-0.4, -0.2) is 46.7 Å². The molecule has 0 spiro atoms. The Morgan fingerprint density at radius 1 is 0.881 bits per heavy atom. The maximum absolute atomic E-state index is 13.4. The molecule has 10 nitrogen and oxygen atoms in total. The Bertz CT molecular complexity index is 1660. The van der Waals surface area contributed by atoms with Gasteiger partial charge in [0.25, 0.3) is 21.8 Å². The van der Waals surface area contributed by atoms with Gasteiger partial charge < -0.3 is 14.8 Å². The van der Waals surface area contributed by atoms with Gasteiger partial charge in [0, 0.05) is 0 Å². The molecule has 0 unspecified atom stereocenters. The lowest BCUT2D eigenvalue weighted by Gasteiger charge is -2.24. The predicted molar refractivity (Wildman–Crippen MR) is 162 cm³/mol. The molecular formula is C30H27ClN4O6S. The summed E-state index contributed by atoms with van der Waals surface area (Å²) in [6, 6.07) is 27.8. The van der Waals surface area contributed by atoms with E-state index in [1.807, 2.05) is 0 Å². The van der Waals surface area contributed by atoms with Crippen LogP contribution in [0.3, 0.4) is 0 Å². The number of nitrogens with zero attached hydrogens (tertiary/aromatic N) is 2. The lowest BCUT2D eigenvalue weighted by atomic mass is 10.2.